The number of hydrogen-bond donors (Lipinski definition) is 2. The van der Waals surface area contributed by atoms with Crippen molar-refractivity contribution in [1.82, 2.24) is 19.7 Å². The van der Waals surface area contributed by atoms with Gasteiger partial charge in [0.25, 0.3) is 5.56 Å². The Bertz CT molecular complexity index is 1290. The number of anilines is 2. The minimum Gasteiger partial charge on any atom is -0.352 e. The van der Waals surface area contributed by atoms with Crippen LogP contribution in [-0.2, 0) is 11.3 Å². The summed E-state index contributed by atoms with van der Waals surface area (Å²) in [6, 6.07) is 13.2. The molecular weight excluding hydrogens is 380 g/mol. The van der Waals surface area contributed by atoms with Gasteiger partial charge in [-0.05, 0) is 31.0 Å². The lowest BCUT2D eigenvalue weighted by Crippen LogP contribution is -2.32. The number of hydrogen-bond acceptors (Lipinski definition) is 5. The second-order valence-corrected chi connectivity index (χ2v) is 7.51. The van der Waals surface area contributed by atoms with Crippen molar-refractivity contribution in [2.75, 3.05) is 23.3 Å². The lowest BCUT2D eigenvalue weighted by molar-refractivity contribution is -0.116. The monoisotopic (exact) mass is 402 g/mol. The number of fused-ring (bicyclic) bond motifs is 2. The quantitative estimate of drug-likeness (QED) is 0.535. The molecule has 2 aromatic carbocycles. The van der Waals surface area contributed by atoms with Crippen LogP contribution in [0.15, 0.2) is 53.5 Å². The summed E-state index contributed by atoms with van der Waals surface area (Å²) in [6.45, 7) is 1.97. The van der Waals surface area contributed by atoms with Gasteiger partial charge in [-0.2, -0.15) is 5.10 Å². The number of amides is 1. The molecule has 2 N–H and O–H groups in total. The van der Waals surface area contributed by atoms with Gasteiger partial charge >= 0.3 is 0 Å². The maximum Gasteiger partial charge on any atom is 0.294 e. The molecule has 0 bridgehead atoms. The van der Waals surface area contributed by atoms with E-state index in [1.165, 1.54) is 0 Å². The molecule has 0 unspecified atom stereocenters. The molecule has 0 spiro atoms. The Labute approximate surface area is 172 Å². The second-order valence-electron chi connectivity index (χ2n) is 7.51. The maximum absolute atomic E-state index is 13.2. The number of H-pyrrole nitrogens is 1. The minimum atomic E-state index is -0.160. The van der Waals surface area contributed by atoms with Crippen LogP contribution in [0.1, 0.15) is 19.3 Å². The van der Waals surface area contributed by atoms with Crippen LogP contribution < -0.4 is 15.8 Å². The Hall–Kier alpha value is -3.68. The highest BCUT2D eigenvalue weighted by molar-refractivity contribution is 6.00. The lowest BCUT2D eigenvalue weighted by Gasteiger charge is -2.19. The first kappa shape index (κ1) is 18.4. The zero-order valence-electron chi connectivity index (χ0n) is 16.5. The van der Waals surface area contributed by atoms with Crippen molar-refractivity contribution in [1.29, 1.82) is 0 Å². The van der Waals surface area contributed by atoms with Gasteiger partial charge in [0.2, 0.25) is 5.91 Å². The SMILES string of the molecule is O=C(CCn1c(=O)c(N2CCCC2)nc2ccccc21)Nc1cccc2cn[nH]c12. The molecule has 0 saturated carbocycles. The van der Waals surface area contributed by atoms with Gasteiger partial charge in [0, 0.05) is 31.4 Å². The molecule has 30 heavy (non-hydrogen) atoms. The van der Waals surface area contributed by atoms with Crippen LogP contribution in [0.3, 0.4) is 0 Å². The van der Waals surface area contributed by atoms with E-state index in [1.807, 2.05) is 47.4 Å². The van der Waals surface area contributed by atoms with Crippen molar-refractivity contribution in [3.05, 3.63) is 59.0 Å². The van der Waals surface area contributed by atoms with Gasteiger partial charge in [-0.3, -0.25) is 14.7 Å². The van der Waals surface area contributed by atoms with Crippen LogP contribution in [0.4, 0.5) is 11.5 Å². The number of aromatic amines is 1. The first-order valence-electron chi connectivity index (χ1n) is 10.2. The van der Waals surface area contributed by atoms with E-state index in [9.17, 15) is 9.59 Å². The van der Waals surface area contributed by atoms with Crippen molar-refractivity contribution in [3.8, 4) is 0 Å². The van der Waals surface area contributed by atoms with E-state index in [4.69, 9.17) is 0 Å². The molecular formula is C22H22N6O2. The third-order valence-corrected chi connectivity index (χ3v) is 5.55. The molecule has 5 rings (SSSR count). The average molecular weight is 402 g/mol. The minimum absolute atomic E-state index is 0.140. The van der Waals surface area contributed by atoms with Gasteiger partial charge in [0.15, 0.2) is 5.82 Å². The molecule has 1 aliphatic rings. The summed E-state index contributed by atoms with van der Waals surface area (Å²) in [6.07, 6.45) is 4.02. The predicted octanol–water partition coefficient (Wildman–Crippen LogP) is 2.90. The molecule has 1 amide bonds. The number of rotatable bonds is 5. The molecule has 1 saturated heterocycles. The number of carbonyl (C=O) groups excluding carboxylic acids is 1. The fourth-order valence-corrected chi connectivity index (χ4v) is 4.03. The highest BCUT2D eigenvalue weighted by Gasteiger charge is 2.20. The number of carbonyl (C=O) groups is 1. The van der Waals surface area contributed by atoms with Crippen LogP contribution in [-0.4, -0.2) is 38.7 Å². The zero-order chi connectivity index (χ0) is 20.5. The molecule has 3 heterocycles. The summed E-state index contributed by atoms with van der Waals surface area (Å²) in [5.74, 6) is 0.321. The van der Waals surface area contributed by atoms with E-state index >= 15 is 0 Å². The number of aryl methyl sites for hydroxylation is 1. The summed E-state index contributed by atoms with van der Waals surface area (Å²) < 4.78 is 1.67. The Morgan fingerprint density at radius 2 is 1.93 bits per heavy atom. The largest absolute Gasteiger partial charge is 0.352 e. The first-order chi connectivity index (χ1) is 14.7. The predicted molar refractivity (Wildman–Crippen MR) is 117 cm³/mol. The standard InChI is InChI=1S/C22H22N6O2/c29-19(24-17-8-5-6-15-14-23-26-20(15)17)10-13-28-18-9-2-1-7-16(18)25-21(22(28)30)27-11-3-4-12-27/h1-2,5-9,14H,3-4,10-13H2,(H,23,26)(H,24,29). The molecule has 152 valence electrons. The van der Waals surface area contributed by atoms with Crippen LogP contribution in [0.5, 0.6) is 0 Å². The van der Waals surface area contributed by atoms with Gasteiger partial charge in [-0.1, -0.05) is 24.3 Å². The van der Waals surface area contributed by atoms with Gasteiger partial charge in [0.05, 0.1) is 28.4 Å². The van der Waals surface area contributed by atoms with Gasteiger partial charge in [-0.25, -0.2) is 4.98 Å². The van der Waals surface area contributed by atoms with Crippen molar-refractivity contribution >= 4 is 39.3 Å². The molecule has 4 aromatic rings. The van der Waals surface area contributed by atoms with Crippen LogP contribution in [0.25, 0.3) is 21.9 Å². The summed E-state index contributed by atoms with van der Waals surface area (Å²) in [7, 11) is 0. The topological polar surface area (TPSA) is 95.9 Å². The third-order valence-electron chi connectivity index (χ3n) is 5.55. The Balaban J connectivity index is 1.42. The molecule has 1 fully saturated rings. The average Bonchev–Trinajstić information content (AvgIpc) is 3.45. The highest BCUT2D eigenvalue weighted by atomic mass is 16.2. The Morgan fingerprint density at radius 1 is 1.10 bits per heavy atom. The normalized spacial score (nSPS) is 13.9. The number of benzene rings is 2. The first-order valence-corrected chi connectivity index (χ1v) is 10.2. The molecule has 8 nitrogen and oxygen atoms in total. The number of nitrogens with one attached hydrogen (secondary N) is 2. The van der Waals surface area contributed by atoms with Crippen molar-refractivity contribution in [2.24, 2.45) is 0 Å². The van der Waals surface area contributed by atoms with Crippen LogP contribution in [0.2, 0.25) is 0 Å². The van der Waals surface area contributed by atoms with Crippen LogP contribution >= 0.6 is 0 Å². The third kappa shape index (κ3) is 3.30. The number of aromatic nitrogens is 4. The van der Waals surface area contributed by atoms with Crippen molar-refractivity contribution in [3.63, 3.8) is 0 Å². The zero-order valence-corrected chi connectivity index (χ0v) is 16.5. The van der Waals surface area contributed by atoms with E-state index in [2.05, 4.69) is 20.5 Å². The Morgan fingerprint density at radius 3 is 2.80 bits per heavy atom. The van der Waals surface area contributed by atoms with Crippen LogP contribution in [0, 0.1) is 0 Å². The smallest absolute Gasteiger partial charge is 0.294 e. The summed E-state index contributed by atoms with van der Waals surface area (Å²) in [5, 5.41) is 10.8. The lowest BCUT2D eigenvalue weighted by atomic mass is 10.2. The van der Waals surface area contributed by atoms with Crippen molar-refractivity contribution in [2.45, 2.75) is 25.8 Å². The molecule has 0 aliphatic carbocycles. The van der Waals surface area contributed by atoms with E-state index in [-0.39, 0.29) is 24.4 Å². The van der Waals surface area contributed by atoms with Gasteiger partial charge < -0.3 is 14.8 Å². The molecule has 8 heteroatoms. The summed E-state index contributed by atoms with van der Waals surface area (Å²) >= 11 is 0. The Kier molecular flexibility index (Phi) is 4.66. The highest BCUT2D eigenvalue weighted by Crippen LogP contribution is 2.21. The maximum atomic E-state index is 13.2. The molecule has 0 atom stereocenters. The van der Waals surface area contributed by atoms with Crippen molar-refractivity contribution < 1.29 is 4.79 Å². The summed E-state index contributed by atoms with van der Waals surface area (Å²) in [5.41, 5.74) is 2.84. The molecule has 2 aromatic heterocycles. The van der Waals surface area contributed by atoms with E-state index in [0.29, 0.717) is 11.5 Å². The fourth-order valence-electron chi connectivity index (χ4n) is 4.03. The molecule has 0 radical (unpaired) electrons. The molecule has 1 aliphatic heterocycles. The van der Waals surface area contributed by atoms with E-state index in [1.54, 1.807) is 10.8 Å². The number of nitrogens with zero attached hydrogens (tertiary/aromatic N) is 4. The van der Waals surface area contributed by atoms with E-state index in [0.717, 1.165) is 47.9 Å². The van der Waals surface area contributed by atoms with Gasteiger partial charge in [-0.15, -0.1) is 0 Å². The summed E-state index contributed by atoms with van der Waals surface area (Å²) in [4.78, 5) is 32.5. The van der Waals surface area contributed by atoms with E-state index < -0.39 is 0 Å². The fraction of sp³-hybridized carbons (Fsp3) is 0.273. The number of para-hydroxylation sites is 3. The van der Waals surface area contributed by atoms with Gasteiger partial charge in [0.1, 0.15) is 0 Å². The second kappa shape index (κ2) is 7.62.